The first-order valence-electron chi connectivity index (χ1n) is 19.1. The third kappa shape index (κ3) is 9.03. The summed E-state index contributed by atoms with van der Waals surface area (Å²) in [7, 11) is 1.36. The Hall–Kier alpha value is -6.38. The van der Waals surface area contributed by atoms with Gasteiger partial charge in [0.15, 0.2) is 11.6 Å². The van der Waals surface area contributed by atoms with E-state index in [-0.39, 0.29) is 23.9 Å². The zero-order valence-corrected chi connectivity index (χ0v) is 32.8. The van der Waals surface area contributed by atoms with Gasteiger partial charge in [-0.25, -0.2) is 33.1 Å². The summed E-state index contributed by atoms with van der Waals surface area (Å²) in [6, 6.07) is 17.2. The van der Waals surface area contributed by atoms with Crippen molar-refractivity contribution in [2.75, 3.05) is 30.0 Å². The van der Waals surface area contributed by atoms with Crippen molar-refractivity contribution in [3.63, 3.8) is 0 Å². The highest BCUT2D eigenvalue weighted by Gasteiger charge is 2.33. The Kier molecular flexibility index (Phi) is 11.9. The lowest BCUT2D eigenvalue weighted by atomic mass is 10.00. The van der Waals surface area contributed by atoms with Crippen LogP contribution in [0.5, 0.6) is 5.75 Å². The van der Waals surface area contributed by atoms with E-state index in [2.05, 4.69) is 40.9 Å². The quantitative estimate of drug-likeness (QED) is 0.158. The summed E-state index contributed by atoms with van der Waals surface area (Å²) in [6.07, 6.45) is 1.81. The van der Waals surface area contributed by atoms with Crippen LogP contribution in [0.4, 0.5) is 38.0 Å². The summed E-state index contributed by atoms with van der Waals surface area (Å²) in [5.74, 6) is 0.699. The van der Waals surface area contributed by atoms with Crippen molar-refractivity contribution in [2.24, 2.45) is 0 Å². The fraction of sp³-hybridized carbons (Fsp3) is 0.273. The van der Waals surface area contributed by atoms with E-state index >= 15 is 0 Å². The zero-order chi connectivity index (χ0) is 41.8. The van der Waals surface area contributed by atoms with Gasteiger partial charge in [0.05, 0.1) is 23.7 Å². The maximum Gasteiger partial charge on any atom is 0.417 e. The molecule has 6 heterocycles. The van der Waals surface area contributed by atoms with Crippen LogP contribution in [0.2, 0.25) is 0 Å². The molecular weight excluding hydrogens is 771 g/mol. The van der Waals surface area contributed by atoms with Gasteiger partial charge in [-0.15, -0.1) is 0 Å². The van der Waals surface area contributed by atoms with Crippen molar-refractivity contribution < 1.29 is 31.1 Å². The number of pyridine rings is 2. The topological polar surface area (TPSA) is 93.0 Å². The highest BCUT2D eigenvalue weighted by atomic mass is 19.4. The van der Waals surface area contributed by atoms with E-state index in [0.29, 0.717) is 65.1 Å². The molecule has 0 aliphatic carbocycles. The molecule has 0 radical (unpaired) electrons. The molecule has 9 nitrogen and oxygen atoms in total. The van der Waals surface area contributed by atoms with Crippen molar-refractivity contribution in [3.05, 3.63) is 148 Å². The molecule has 0 N–H and O–H groups in total. The van der Waals surface area contributed by atoms with E-state index in [1.807, 2.05) is 24.9 Å². The van der Waals surface area contributed by atoms with E-state index in [1.165, 1.54) is 49.8 Å². The van der Waals surface area contributed by atoms with E-state index in [4.69, 9.17) is 4.74 Å². The lowest BCUT2D eigenvalue weighted by Gasteiger charge is -2.30. The summed E-state index contributed by atoms with van der Waals surface area (Å²) in [5, 5.41) is 1.29. The molecule has 0 saturated carbocycles. The molecule has 4 aromatic heterocycles. The Bertz CT molecular complexity index is 2620. The molecule has 0 unspecified atom stereocenters. The molecule has 59 heavy (non-hydrogen) atoms. The molecule has 15 heteroatoms. The number of halogens is 6. The predicted octanol–water partition coefficient (Wildman–Crippen LogP) is 9.55. The van der Waals surface area contributed by atoms with E-state index in [9.17, 15) is 26.3 Å². The summed E-state index contributed by atoms with van der Waals surface area (Å²) < 4.78 is 85.2. The average Bonchev–Trinajstić information content (AvgIpc) is 3.23. The molecule has 304 valence electrons. The van der Waals surface area contributed by atoms with Crippen molar-refractivity contribution in [1.82, 2.24) is 29.9 Å². The van der Waals surface area contributed by atoms with E-state index in [0.717, 1.165) is 58.9 Å². The number of nitrogens with zero attached hydrogens (tertiary/aromatic N) is 8. The first kappa shape index (κ1) is 40.8. The number of methoxy groups -OCH3 is 1. The second-order valence-electron chi connectivity index (χ2n) is 13.9. The second kappa shape index (κ2) is 17.2. The number of aryl methyl sites for hydroxylation is 1. The molecule has 2 aliphatic rings. The van der Waals surface area contributed by atoms with Gasteiger partial charge in [-0.2, -0.15) is 13.2 Å². The standard InChI is InChI=1S/C23H18F2N4.C19H16F4N4O.C2H6/c24-18-3-1-15(2-4-18)9-16-10-17-13-29(8-7-21(17)26-12-16)23-20-11-19(25)5-6-22(20)27-14-28-23;1-10-25-16-7-14(20)17(28-2)6-13(16)18(26-10)27-4-3-15-11(9-27)5-12(8-24-15)19(21,22)23;1-2/h1-6,10-12,14H,7-9,13H2;5-8H,3-4,9H2,1-2H3;1-2H3. The van der Waals surface area contributed by atoms with Crippen LogP contribution in [0.15, 0.2) is 85.5 Å². The Labute approximate surface area is 336 Å². The molecule has 3 aromatic carbocycles. The molecule has 0 atom stereocenters. The minimum Gasteiger partial charge on any atom is -0.494 e. The fourth-order valence-corrected chi connectivity index (χ4v) is 7.25. The number of alkyl halides is 3. The third-order valence-corrected chi connectivity index (χ3v) is 10.0. The number of aromatic nitrogens is 6. The highest BCUT2D eigenvalue weighted by molar-refractivity contribution is 5.91. The lowest BCUT2D eigenvalue weighted by Crippen LogP contribution is -2.32. The normalized spacial score (nSPS) is 13.5. The monoisotopic (exact) mass is 810 g/mol. The van der Waals surface area contributed by atoms with Crippen molar-refractivity contribution in [3.8, 4) is 5.75 Å². The number of ether oxygens (including phenoxy) is 1. The Morgan fingerprint density at radius 3 is 2.00 bits per heavy atom. The van der Waals surface area contributed by atoms with Crippen LogP contribution in [-0.2, 0) is 38.5 Å². The van der Waals surface area contributed by atoms with Gasteiger partial charge in [0.25, 0.3) is 0 Å². The van der Waals surface area contributed by atoms with Crippen LogP contribution in [0.3, 0.4) is 0 Å². The second-order valence-corrected chi connectivity index (χ2v) is 13.9. The molecule has 0 saturated heterocycles. The van der Waals surface area contributed by atoms with Crippen LogP contribution in [0, 0.1) is 24.4 Å². The molecular formula is C44H40F6N8O. The maximum atomic E-state index is 14.1. The fourth-order valence-electron chi connectivity index (χ4n) is 7.25. The van der Waals surface area contributed by atoms with Crippen molar-refractivity contribution in [1.29, 1.82) is 0 Å². The van der Waals surface area contributed by atoms with Gasteiger partial charge in [0.2, 0.25) is 0 Å². The van der Waals surface area contributed by atoms with Gasteiger partial charge in [-0.3, -0.25) is 9.97 Å². The smallest absolute Gasteiger partial charge is 0.417 e. The number of fused-ring (bicyclic) bond motifs is 4. The van der Waals surface area contributed by atoms with Crippen LogP contribution in [0.25, 0.3) is 21.8 Å². The zero-order valence-electron chi connectivity index (χ0n) is 32.8. The lowest BCUT2D eigenvalue weighted by molar-refractivity contribution is -0.137. The summed E-state index contributed by atoms with van der Waals surface area (Å²) in [4.78, 5) is 30.0. The molecule has 9 rings (SSSR count). The van der Waals surface area contributed by atoms with Crippen LogP contribution in [0.1, 0.15) is 58.9 Å². The molecule has 0 amide bonds. The Morgan fingerprint density at radius 1 is 0.661 bits per heavy atom. The van der Waals surface area contributed by atoms with Gasteiger partial charge in [0, 0.05) is 79.6 Å². The first-order valence-corrected chi connectivity index (χ1v) is 19.1. The van der Waals surface area contributed by atoms with E-state index < -0.39 is 17.6 Å². The third-order valence-electron chi connectivity index (χ3n) is 10.0. The number of benzene rings is 3. The van der Waals surface area contributed by atoms with Gasteiger partial charge in [-0.05, 0) is 78.1 Å². The number of hydrogen-bond acceptors (Lipinski definition) is 9. The maximum absolute atomic E-state index is 14.1. The SMILES string of the molecule is CC.COc1cc2c(N3CCc4ncc(C(F)(F)F)cc4C3)nc(C)nc2cc1F.Fc1ccc(Cc2cnc3c(c2)CN(c2ncnc4ccc(F)cc24)CC3)cc1. The Balaban J connectivity index is 0.000000172. The predicted molar refractivity (Wildman–Crippen MR) is 214 cm³/mol. The minimum absolute atomic E-state index is 0.0552. The van der Waals surface area contributed by atoms with Crippen LogP contribution >= 0.6 is 0 Å². The molecule has 2 aliphatic heterocycles. The van der Waals surface area contributed by atoms with E-state index in [1.54, 1.807) is 25.1 Å². The molecule has 0 fully saturated rings. The van der Waals surface area contributed by atoms with Crippen molar-refractivity contribution in [2.45, 2.75) is 59.3 Å². The van der Waals surface area contributed by atoms with Gasteiger partial charge < -0.3 is 14.5 Å². The Morgan fingerprint density at radius 2 is 1.31 bits per heavy atom. The number of rotatable bonds is 5. The highest BCUT2D eigenvalue weighted by Crippen LogP contribution is 2.35. The van der Waals surface area contributed by atoms with Crippen LogP contribution in [-0.4, -0.2) is 50.1 Å². The molecule has 0 bridgehead atoms. The summed E-state index contributed by atoms with van der Waals surface area (Å²) in [6.45, 7) is 7.85. The summed E-state index contributed by atoms with van der Waals surface area (Å²) in [5.41, 5.74) is 5.84. The summed E-state index contributed by atoms with van der Waals surface area (Å²) >= 11 is 0. The number of hydrogen-bond donors (Lipinski definition) is 0. The van der Waals surface area contributed by atoms with Gasteiger partial charge >= 0.3 is 6.18 Å². The molecule has 0 spiro atoms. The van der Waals surface area contributed by atoms with Gasteiger partial charge in [0.1, 0.15) is 35.4 Å². The van der Waals surface area contributed by atoms with Gasteiger partial charge in [-0.1, -0.05) is 32.0 Å². The largest absolute Gasteiger partial charge is 0.494 e. The average molecular weight is 811 g/mol. The van der Waals surface area contributed by atoms with Crippen molar-refractivity contribution >= 4 is 33.4 Å². The number of anilines is 2. The van der Waals surface area contributed by atoms with Crippen LogP contribution < -0.4 is 14.5 Å². The minimum atomic E-state index is -4.45. The first-order chi connectivity index (χ1) is 28.4. The molecule has 7 aromatic rings.